The Morgan fingerprint density at radius 2 is 1.81 bits per heavy atom. The van der Waals surface area contributed by atoms with Crippen molar-refractivity contribution in [2.75, 3.05) is 26.0 Å². The lowest BCUT2D eigenvalue weighted by molar-refractivity contribution is -0.138. The second-order valence-electron chi connectivity index (χ2n) is 7.33. The summed E-state index contributed by atoms with van der Waals surface area (Å²) >= 11 is 1.27. The third-order valence-electron chi connectivity index (χ3n) is 3.62. The Hall–Kier alpha value is -1.12. The molecule has 27 heavy (non-hydrogen) atoms. The first-order valence-electron chi connectivity index (χ1n) is 9.21. The van der Waals surface area contributed by atoms with Crippen molar-refractivity contribution >= 4 is 29.4 Å². The molecular formula is C19H37NO6S. The molecule has 1 amide bonds. The molecule has 0 rings (SSSR count). The van der Waals surface area contributed by atoms with Gasteiger partial charge in [-0.3, -0.25) is 14.4 Å². The minimum Gasteiger partial charge on any atom is -0.481 e. The van der Waals surface area contributed by atoms with E-state index in [0.717, 1.165) is 6.42 Å². The van der Waals surface area contributed by atoms with Gasteiger partial charge in [0, 0.05) is 19.6 Å². The molecule has 0 aromatic heterocycles. The first kappa shape index (κ1) is 28.1. The highest BCUT2D eigenvalue weighted by Crippen LogP contribution is 2.13. The Morgan fingerprint density at radius 3 is 2.22 bits per heavy atom. The molecule has 0 aliphatic rings. The highest BCUT2D eigenvalue weighted by Gasteiger charge is 2.20. The number of aliphatic hydroxyl groups excluding tert-OH is 1. The van der Waals surface area contributed by atoms with Gasteiger partial charge in [-0.25, -0.2) is 0 Å². The zero-order chi connectivity index (χ0) is 21.5. The van der Waals surface area contributed by atoms with E-state index in [0.29, 0.717) is 31.9 Å². The van der Waals surface area contributed by atoms with Crippen molar-refractivity contribution in [3.05, 3.63) is 0 Å². The van der Waals surface area contributed by atoms with Gasteiger partial charge in [-0.15, -0.1) is 0 Å². The van der Waals surface area contributed by atoms with Gasteiger partial charge in [0.05, 0.1) is 23.9 Å². The van der Waals surface area contributed by atoms with Crippen molar-refractivity contribution in [3.8, 4) is 0 Å². The Labute approximate surface area is 167 Å². The molecule has 8 heteroatoms. The summed E-state index contributed by atoms with van der Waals surface area (Å²) in [6, 6.07) is 0. The fraction of sp³-hybridized carbons (Fsp3) is 0.842. The molecule has 0 spiro atoms. The molecule has 1 atom stereocenters. The molecule has 0 aromatic carbocycles. The average Bonchev–Trinajstić information content (AvgIpc) is 2.51. The lowest BCUT2D eigenvalue weighted by atomic mass is 10.1. The van der Waals surface area contributed by atoms with Gasteiger partial charge in [-0.05, 0) is 45.8 Å². The number of nitrogens with one attached hydrogen (secondary N) is 1. The van der Waals surface area contributed by atoms with E-state index in [-0.39, 0.29) is 30.3 Å². The van der Waals surface area contributed by atoms with E-state index in [2.05, 4.69) is 19.2 Å². The Bertz CT molecular complexity index is 440. The molecule has 0 fully saturated rings. The summed E-state index contributed by atoms with van der Waals surface area (Å²) < 4.78 is 5.40. The molecule has 0 heterocycles. The lowest BCUT2D eigenvalue weighted by Crippen LogP contribution is -2.35. The zero-order valence-electron chi connectivity index (χ0n) is 17.5. The van der Waals surface area contributed by atoms with Crippen LogP contribution >= 0.6 is 11.8 Å². The SMILES string of the molecule is CC(=O)CCOC(C)(C)CCO.CSC(CC(=O)O)C(=O)NCCC(C)C. The summed E-state index contributed by atoms with van der Waals surface area (Å²) in [6.45, 7) is 10.7. The van der Waals surface area contributed by atoms with Crippen LogP contribution in [-0.2, 0) is 19.1 Å². The molecule has 0 saturated heterocycles. The van der Waals surface area contributed by atoms with Gasteiger partial charge in [0.25, 0.3) is 0 Å². The van der Waals surface area contributed by atoms with E-state index in [1.807, 2.05) is 13.8 Å². The molecule has 0 bridgehead atoms. The fourth-order valence-corrected chi connectivity index (χ4v) is 2.46. The predicted octanol–water partition coefficient (Wildman–Crippen LogP) is 2.50. The Kier molecular flexibility index (Phi) is 16.5. The minimum absolute atomic E-state index is 0.116. The number of aliphatic carboxylic acids is 1. The molecule has 7 nitrogen and oxygen atoms in total. The molecule has 1 unspecified atom stereocenters. The number of aliphatic hydroxyl groups is 1. The second-order valence-corrected chi connectivity index (χ2v) is 8.37. The normalized spacial score (nSPS) is 12.1. The third kappa shape index (κ3) is 19.4. The van der Waals surface area contributed by atoms with Gasteiger partial charge in [-0.1, -0.05) is 13.8 Å². The maximum atomic E-state index is 11.5. The summed E-state index contributed by atoms with van der Waals surface area (Å²) in [6.07, 6.45) is 3.60. The summed E-state index contributed by atoms with van der Waals surface area (Å²) in [5.41, 5.74) is -0.315. The molecule has 160 valence electrons. The van der Waals surface area contributed by atoms with Crippen LogP contribution in [0.5, 0.6) is 0 Å². The monoisotopic (exact) mass is 407 g/mol. The molecule has 3 N–H and O–H groups in total. The van der Waals surface area contributed by atoms with E-state index in [1.165, 1.54) is 11.8 Å². The van der Waals surface area contributed by atoms with E-state index in [4.69, 9.17) is 14.9 Å². The van der Waals surface area contributed by atoms with Crippen molar-refractivity contribution in [2.45, 2.75) is 71.2 Å². The van der Waals surface area contributed by atoms with E-state index < -0.39 is 11.2 Å². The Morgan fingerprint density at radius 1 is 1.22 bits per heavy atom. The van der Waals surface area contributed by atoms with Gasteiger partial charge in [-0.2, -0.15) is 11.8 Å². The second kappa shape index (κ2) is 15.9. The van der Waals surface area contributed by atoms with Crippen LogP contribution in [0.15, 0.2) is 0 Å². The quantitative estimate of drug-likeness (QED) is 0.430. The van der Waals surface area contributed by atoms with Crippen LogP contribution in [-0.4, -0.2) is 64.7 Å². The van der Waals surface area contributed by atoms with Crippen LogP contribution in [0.1, 0.15) is 60.3 Å². The number of thioether (sulfide) groups is 1. The van der Waals surface area contributed by atoms with Crippen LogP contribution in [0.4, 0.5) is 0 Å². The lowest BCUT2D eigenvalue weighted by Gasteiger charge is -2.23. The van der Waals surface area contributed by atoms with Gasteiger partial charge in [0.2, 0.25) is 5.91 Å². The fourth-order valence-electron chi connectivity index (χ4n) is 1.85. The average molecular weight is 408 g/mol. The summed E-state index contributed by atoms with van der Waals surface area (Å²) in [5.74, 6) is -0.439. The smallest absolute Gasteiger partial charge is 0.305 e. The van der Waals surface area contributed by atoms with Crippen LogP contribution in [0.3, 0.4) is 0 Å². The first-order valence-corrected chi connectivity index (χ1v) is 10.5. The predicted molar refractivity (Wildman–Crippen MR) is 109 cm³/mol. The van der Waals surface area contributed by atoms with E-state index >= 15 is 0 Å². The van der Waals surface area contributed by atoms with Gasteiger partial charge in [0.15, 0.2) is 0 Å². The van der Waals surface area contributed by atoms with Gasteiger partial charge in [0.1, 0.15) is 5.78 Å². The van der Waals surface area contributed by atoms with Crippen LogP contribution in [0.2, 0.25) is 0 Å². The van der Waals surface area contributed by atoms with Crippen molar-refractivity contribution in [3.63, 3.8) is 0 Å². The highest BCUT2D eigenvalue weighted by atomic mass is 32.2. The number of carboxylic acids is 1. The van der Waals surface area contributed by atoms with Crippen molar-refractivity contribution < 1.29 is 29.3 Å². The zero-order valence-corrected chi connectivity index (χ0v) is 18.4. The summed E-state index contributed by atoms with van der Waals surface area (Å²) in [5, 5.41) is 19.5. The summed E-state index contributed by atoms with van der Waals surface area (Å²) in [4.78, 5) is 32.5. The van der Waals surface area contributed by atoms with Crippen LogP contribution < -0.4 is 5.32 Å². The number of rotatable bonds is 13. The molecule has 0 saturated carbocycles. The first-order chi connectivity index (χ1) is 12.4. The highest BCUT2D eigenvalue weighted by molar-refractivity contribution is 7.99. The van der Waals surface area contributed by atoms with Crippen molar-refractivity contribution in [2.24, 2.45) is 5.92 Å². The standard InChI is InChI=1S/C10H19NO3S.C9H18O3/c1-7(2)4-5-11-10(14)8(15-3)6-9(12)13;1-8(11)4-7-12-9(2,3)5-6-10/h7-8H,4-6H2,1-3H3,(H,11,14)(H,12,13);10H,4-7H2,1-3H3. The number of Topliss-reactive ketones (excluding diaryl/α,β-unsaturated/α-hetero) is 1. The number of ketones is 1. The van der Waals surface area contributed by atoms with Crippen LogP contribution in [0.25, 0.3) is 0 Å². The number of hydrogen-bond acceptors (Lipinski definition) is 6. The molecule has 0 aliphatic heterocycles. The number of ether oxygens (including phenoxy) is 1. The van der Waals surface area contributed by atoms with Crippen molar-refractivity contribution in [1.29, 1.82) is 0 Å². The molecular weight excluding hydrogens is 370 g/mol. The van der Waals surface area contributed by atoms with Gasteiger partial charge >= 0.3 is 5.97 Å². The minimum atomic E-state index is -0.937. The van der Waals surface area contributed by atoms with E-state index in [1.54, 1.807) is 13.2 Å². The topological polar surface area (TPSA) is 113 Å². The number of amides is 1. The Balaban J connectivity index is 0. The molecule has 0 aromatic rings. The van der Waals surface area contributed by atoms with E-state index in [9.17, 15) is 14.4 Å². The third-order valence-corrected chi connectivity index (χ3v) is 4.57. The van der Waals surface area contributed by atoms with Gasteiger partial charge < -0.3 is 20.3 Å². The maximum Gasteiger partial charge on any atom is 0.305 e. The maximum absolute atomic E-state index is 11.5. The number of hydrogen-bond donors (Lipinski definition) is 3. The number of carbonyl (C=O) groups excluding carboxylic acids is 2. The summed E-state index contributed by atoms with van der Waals surface area (Å²) in [7, 11) is 0. The molecule has 0 radical (unpaired) electrons. The van der Waals surface area contributed by atoms with Crippen LogP contribution in [0, 0.1) is 5.92 Å². The molecule has 0 aliphatic carbocycles. The largest absolute Gasteiger partial charge is 0.481 e. The van der Waals surface area contributed by atoms with Crippen molar-refractivity contribution in [1.82, 2.24) is 5.32 Å². The number of carbonyl (C=O) groups is 3. The number of carboxylic acid groups (broad SMARTS) is 1.